The highest BCUT2D eigenvalue weighted by atomic mass is 35.5. The molecule has 0 spiro atoms. The highest BCUT2D eigenvalue weighted by Crippen LogP contribution is 2.33. The van der Waals surface area contributed by atoms with Gasteiger partial charge in [-0.25, -0.2) is 10.0 Å². The highest BCUT2D eigenvalue weighted by Gasteiger charge is 2.31. The third-order valence-electron chi connectivity index (χ3n) is 3.18. The first-order valence-corrected chi connectivity index (χ1v) is 7.51. The van der Waals surface area contributed by atoms with Gasteiger partial charge in [0.2, 0.25) is 5.96 Å². The number of hydrogen-bond donors (Lipinski definition) is 1. The summed E-state index contributed by atoms with van der Waals surface area (Å²) >= 11 is 7.96. The Kier molecular flexibility index (Phi) is 3.35. The van der Waals surface area contributed by atoms with Gasteiger partial charge in [0.25, 0.3) is 0 Å². The Balaban J connectivity index is 1.81. The fraction of sp³-hybridized carbons (Fsp3) is 0.500. The van der Waals surface area contributed by atoms with Crippen LogP contribution in [0, 0.1) is 0 Å². The number of nitrogens with zero attached hydrogens (tertiary/aromatic N) is 3. The molecule has 0 saturated carbocycles. The number of alkyl halides is 1. The normalized spacial score (nSPS) is 26.1. The van der Waals surface area contributed by atoms with Gasteiger partial charge in [0.1, 0.15) is 0 Å². The van der Waals surface area contributed by atoms with Crippen LogP contribution in [0.1, 0.15) is 19.3 Å². The first kappa shape index (κ1) is 12.1. The molecule has 2 aliphatic heterocycles. The van der Waals surface area contributed by atoms with E-state index in [-0.39, 0.29) is 5.38 Å². The van der Waals surface area contributed by atoms with Crippen LogP contribution in [0.15, 0.2) is 33.9 Å². The van der Waals surface area contributed by atoms with E-state index in [0.717, 1.165) is 48.4 Å². The third kappa shape index (κ3) is 2.17. The first-order valence-electron chi connectivity index (χ1n) is 6.09. The van der Waals surface area contributed by atoms with Crippen LogP contribution < -0.4 is 5.43 Å². The average Bonchev–Trinajstić information content (AvgIpc) is 2.76. The zero-order valence-corrected chi connectivity index (χ0v) is 11.6. The number of amidine groups is 1. The molecule has 0 bridgehead atoms. The summed E-state index contributed by atoms with van der Waals surface area (Å²) in [6, 6.07) is 0. The predicted octanol–water partition coefficient (Wildman–Crippen LogP) is 2.50. The summed E-state index contributed by atoms with van der Waals surface area (Å²) in [6.07, 6.45) is 5.14. The molecule has 0 radical (unpaired) electrons. The maximum absolute atomic E-state index is 6.33. The molecule has 2 heterocycles. The van der Waals surface area contributed by atoms with Crippen molar-refractivity contribution in [3.05, 3.63) is 23.9 Å². The maximum atomic E-state index is 6.33. The molecule has 0 saturated heterocycles. The van der Waals surface area contributed by atoms with Gasteiger partial charge in [-0.1, -0.05) is 17.8 Å². The van der Waals surface area contributed by atoms with Crippen molar-refractivity contribution >= 4 is 34.5 Å². The second kappa shape index (κ2) is 4.97. The lowest BCUT2D eigenvalue weighted by Crippen LogP contribution is -2.42. The van der Waals surface area contributed by atoms with E-state index in [1.807, 2.05) is 11.1 Å². The molecule has 4 nitrogen and oxygen atoms in total. The maximum Gasteiger partial charge on any atom is 0.247 e. The fourth-order valence-electron chi connectivity index (χ4n) is 2.33. The topological polar surface area (TPSA) is 40.0 Å². The van der Waals surface area contributed by atoms with Crippen LogP contribution in [-0.2, 0) is 0 Å². The largest absolute Gasteiger partial charge is 0.273 e. The SMILES string of the molecule is C=CCSC1=NC2=NC3=C(CCCC3Cl)CN2N1. The highest BCUT2D eigenvalue weighted by molar-refractivity contribution is 8.14. The monoisotopic (exact) mass is 282 g/mol. The van der Waals surface area contributed by atoms with E-state index in [1.165, 1.54) is 5.57 Å². The smallest absolute Gasteiger partial charge is 0.247 e. The molecule has 96 valence electrons. The number of hydrazine groups is 1. The van der Waals surface area contributed by atoms with Gasteiger partial charge >= 0.3 is 0 Å². The van der Waals surface area contributed by atoms with Gasteiger partial charge < -0.3 is 0 Å². The van der Waals surface area contributed by atoms with Gasteiger partial charge in [-0.2, -0.15) is 4.99 Å². The zero-order chi connectivity index (χ0) is 12.5. The molecule has 1 atom stereocenters. The molecule has 0 aromatic rings. The summed E-state index contributed by atoms with van der Waals surface area (Å²) in [7, 11) is 0. The molecule has 0 aromatic heterocycles. The van der Waals surface area contributed by atoms with E-state index in [2.05, 4.69) is 22.0 Å². The molecule has 1 N–H and O–H groups in total. The second-order valence-electron chi connectivity index (χ2n) is 4.47. The van der Waals surface area contributed by atoms with Crippen LogP contribution in [0.2, 0.25) is 0 Å². The van der Waals surface area contributed by atoms with Crippen LogP contribution in [0.4, 0.5) is 0 Å². The number of nitrogens with one attached hydrogen (secondary N) is 1. The lowest BCUT2D eigenvalue weighted by molar-refractivity contribution is 0.398. The Bertz CT molecular complexity index is 469. The van der Waals surface area contributed by atoms with Gasteiger partial charge in [-0.15, -0.1) is 18.2 Å². The van der Waals surface area contributed by atoms with Crippen molar-refractivity contribution in [2.24, 2.45) is 9.98 Å². The van der Waals surface area contributed by atoms with Crippen molar-refractivity contribution in [2.75, 3.05) is 12.3 Å². The van der Waals surface area contributed by atoms with E-state index in [1.54, 1.807) is 11.8 Å². The van der Waals surface area contributed by atoms with E-state index in [4.69, 9.17) is 11.6 Å². The van der Waals surface area contributed by atoms with Crippen LogP contribution in [0.3, 0.4) is 0 Å². The van der Waals surface area contributed by atoms with Gasteiger partial charge in [0, 0.05) is 5.75 Å². The molecule has 18 heavy (non-hydrogen) atoms. The van der Waals surface area contributed by atoms with Crippen LogP contribution >= 0.6 is 23.4 Å². The number of rotatable bonds is 2. The molecule has 3 rings (SSSR count). The molecular formula is C12H15ClN4S. The van der Waals surface area contributed by atoms with Crippen molar-refractivity contribution < 1.29 is 0 Å². The van der Waals surface area contributed by atoms with E-state index in [0.29, 0.717) is 0 Å². The lowest BCUT2D eigenvalue weighted by Gasteiger charge is -2.30. The van der Waals surface area contributed by atoms with Crippen LogP contribution in [0.25, 0.3) is 0 Å². The van der Waals surface area contributed by atoms with Gasteiger partial charge in [-0.05, 0) is 24.8 Å². The standard InChI is InChI=1S/C12H15ClN4S/c1-2-6-18-12-15-11-14-10-8(7-17(11)16-12)4-3-5-9(10)13/h2,9H,1,3-7H2,(H,14,15,16). The van der Waals surface area contributed by atoms with Gasteiger partial charge in [0.15, 0.2) is 5.17 Å². The fourth-order valence-corrected chi connectivity index (χ4v) is 3.28. The number of aliphatic imine (C=N–C) groups is 2. The Morgan fingerprint density at radius 1 is 1.56 bits per heavy atom. The Morgan fingerprint density at radius 3 is 3.28 bits per heavy atom. The molecule has 1 unspecified atom stereocenters. The average molecular weight is 283 g/mol. The summed E-state index contributed by atoms with van der Waals surface area (Å²) in [4.78, 5) is 9.08. The Morgan fingerprint density at radius 2 is 2.44 bits per heavy atom. The molecule has 1 aliphatic carbocycles. The third-order valence-corrected chi connectivity index (χ3v) is 4.46. The number of hydrogen-bond acceptors (Lipinski definition) is 5. The number of thioether (sulfide) groups is 1. The number of halogens is 1. The van der Waals surface area contributed by atoms with Crippen molar-refractivity contribution in [1.29, 1.82) is 0 Å². The van der Waals surface area contributed by atoms with E-state index in [9.17, 15) is 0 Å². The minimum absolute atomic E-state index is 0.0588. The van der Waals surface area contributed by atoms with Gasteiger partial charge in [0.05, 0.1) is 17.6 Å². The second-order valence-corrected chi connectivity index (χ2v) is 6.01. The Hall–Kier alpha value is -0.940. The Labute approximate surface area is 116 Å². The quantitative estimate of drug-likeness (QED) is 0.625. The minimum Gasteiger partial charge on any atom is -0.273 e. The summed E-state index contributed by atoms with van der Waals surface area (Å²) in [5, 5.41) is 2.95. The van der Waals surface area contributed by atoms with Crippen molar-refractivity contribution in [1.82, 2.24) is 10.4 Å². The van der Waals surface area contributed by atoms with Gasteiger partial charge in [-0.3, -0.25) is 5.43 Å². The molecule has 0 amide bonds. The van der Waals surface area contributed by atoms with E-state index < -0.39 is 0 Å². The molecule has 0 fully saturated rings. The van der Waals surface area contributed by atoms with Crippen molar-refractivity contribution in [2.45, 2.75) is 24.6 Å². The minimum atomic E-state index is 0.0588. The first-order chi connectivity index (χ1) is 8.78. The predicted molar refractivity (Wildman–Crippen MR) is 77.9 cm³/mol. The summed E-state index contributed by atoms with van der Waals surface area (Å²) in [5.74, 6) is 1.59. The number of fused-ring (bicyclic) bond motifs is 1. The van der Waals surface area contributed by atoms with Crippen LogP contribution in [0.5, 0.6) is 0 Å². The molecular weight excluding hydrogens is 268 g/mol. The zero-order valence-electron chi connectivity index (χ0n) is 10.0. The molecule has 0 aromatic carbocycles. The summed E-state index contributed by atoms with van der Waals surface area (Å²) < 4.78 is 0. The van der Waals surface area contributed by atoms with Crippen molar-refractivity contribution in [3.8, 4) is 0 Å². The van der Waals surface area contributed by atoms with Crippen molar-refractivity contribution in [3.63, 3.8) is 0 Å². The number of allylic oxidation sites excluding steroid dienone is 1. The van der Waals surface area contributed by atoms with E-state index >= 15 is 0 Å². The summed E-state index contributed by atoms with van der Waals surface area (Å²) in [6.45, 7) is 4.55. The van der Waals surface area contributed by atoms with Crippen LogP contribution in [-0.4, -0.2) is 33.8 Å². The lowest BCUT2D eigenvalue weighted by atomic mass is 9.95. The molecule has 3 aliphatic rings. The summed E-state index contributed by atoms with van der Waals surface area (Å²) in [5.41, 5.74) is 5.67. The number of guanidine groups is 1. The molecule has 6 heteroatoms.